The fourth-order valence-electron chi connectivity index (χ4n) is 2.85. The molecular formula is C19H22N2O2. The number of nitrogens with one attached hydrogen (secondary N) is 1. The summed E-state index contributed by atoms with van der Waals surface area (Å²) in [5, 5.41) is 2.87. The highest BCUT2D eigenvalue weighted by Crippen LogP contribution is 2.25. The van der Waals surface area contributed by atoms with Gasteiger partial charge in [0.15, 0.2) is 0 Å². The molecule has 0 fully saturated rings. The van der Waals surface area contributed by atoms with E-state index in [-0.39, 0.29) is 6.03 Å². The van der Waals surface area contributed by atoms with Gasteiger partial charge in [0, 0.05) is 12.7 Å². The number of carbonyl (C=O) groups is 1. The molecule has 0 spiro atoms. The zero-order valence-electron chi connectivity index (χ0n) is 13.4. The average Bonchev–Trinajstić information content (AvgIpc) is 3.06. The molecule has 1 aliphatic carbocycles. The Bertz CT molecular complexity index is 670. The van der Waals surface area contributed by atoms with Crippen LogP contribution in [0.25, 0.3) is 0 Å². The van der Waals surface area contributed by atoms with Gasteiger partial charge in [0.05, 0.1) is 6.54 Å². The summed E-state index contributed by atoms with van der Waals surface area (Å²) in [4.78, 5) is 13.7. The van der Waals surface area contributed by atoms with E-state index in [1.807, 2.05) is 36.4 Å². The van der Waals surface area contributed by atoms with Gasteiger partial charge in [0.2, 0.25) is 0 Å². The molecule has 0 saturated heterocycles. The quantitative estimate of drug-likeness (QED) is 0.860. The molecule has 2 aromatic rings. The maximum Gasteiger partial charge on any atom is 0.321 e. The van der Waals surface area contributed by atoms with Gasteiger partial charge in [-0.3, -0.25) is 4.90 Å². The Hall–Kier alpha value is -2.49. The van der Waals surface area contributed by atoms with Crippen LogP contribution >= 0.6 is 0 Å². The summed E-state index contributed by atoms with van der Waals surface area (Å²) in [6.07, 6.45) is 3.56. The van der Waals surface area contributed by atoms with Gasteiger partial charge in [-0.1, -0.05) is 24.3 Å². The highest BCUT2D eigenvalue weighted by molar-refractivity contribution is 5.91. The standard InChI is InChI=1S/C19H22N2O2/c1-21(17-8-3-2-4-9-17)19(22)20-12-13-23-18-11-10-15-6-5-7-16(15)14-18/h2-4,8-11,14H,5-7,12-13H2,1H3,(H,20,22). The number of para-hydroxylation sites is 1. The second-order valence-corrected chi connectivity index (χ2v) is 5.76. The number of anilines is 1. The number of nitrogens with zero attached hydrogens (tertiary/aromatic N) is 1. The van der Waals surface area contributed by atoms with E-state index in [0.29, 0.717) is 13.2 Å². The largest absolute Gasteiger partial charge is 0.492 e. The van der Waals surface area contributed by atoms with Crippen LogP contribution in [0.3, 0.4) is 0 Å². The molecule has 0 aromatic heterocycles. The monoisotopic (exact) mass is 310 g/mol. The van der Waals surface area contributed by atoms with Crippen molar-refractivity contribution >= 4 is 11.7 Å². The number of benzene rings is 2. The van der Waals surface area contributed by atoms with Gasteiger partial charge in [0.1, 0.15) is 12.4 Å². The van der Waals surface area contributed by atoms with Crippen molar-refractivity contribution in [3.05, 3.63) is 59.7 Å². The van der Waals surface area contributed by atoms with Gasteiger partial charge in [-0.2, -0.15) is 0 Å². The first-order chi connectivity index (χ1) is 11.2. The Balaban J connectivity index is 1.44. The summed E-state index contributed by atoms with van der Waals surface area (Å²) >= 11 is 0. The van der Waals surface area contributed by atoms with Crippen LogP contribution in [0.15, 0.2) is 48.5 Å². The molecule has 23 heavy (non-hydrogen) atoms. The Kier molecular flexibility index (Phi) is 4.81. The van der Waals surface area contributed by atoms with Crippen molar-refractivity contribution in [3.63, 3.8) is 0 Å². The van der Waals surface area contributed by atoms with Gasteiger partial charge in [0.25, 0.3) is 0 Å². The Morgan fingerprint density at radius 1 is 1.13 bits per heavy atom. The van der Waals surface area contributed by atoms with Crippen LogP contribution in [0.1, 0.15) is 17.5 Å². The van der Waals surface area contributed by atoms with E-state index < -0.39 is 0 Å². The third kappa shape index (κ3) is 3.83. The van der Waals surface area contributed by atoms with Crippen LogP contribution in [-0.4, -0.2) is 26.2 Å². The minimum Gasteiger partial charge on any atom is -0.492 e. The van der Waals surface area contributed by atoms with Crippen molar-refractivity contribution in [3.8, 4) is 5.75 Å². The van der Waals surface area contributed by atoms with Crippen molar-refractivity contribution < 1.29 is 9.53 Å². The molecule has 3 rings (SSSR count). The van der Waals surface area contributed by atoms with Crippen LogP contribution in [0.4, 0.5) is 10.5 Å². The third-order valence-electron chi connectivity index (χ3n) is 4.17. The summed E-state index contributed by atoms with van der Waals surface area (Å²) in [5.74, 6) is 0.885. The average molecular weight is 310 g/mol. The van der Waals surface area contributed by atoms with Crippen LogP contribution < -0.4 is 15.0 Å². The number of rotatable bonds is 5. The van der Waals surface area contributed by atoms with Crippen molar-refractivity contribution in [2.75, 3.05) is 25.1 Å². The summed E-state index contributed by atoms with van der Waals surface area (Å²) in [6.45, 7) is 0.945. The van der Waals surface area contributed by atoms with E-state index >= 15 is 0 Å². The summed E-state index contributed by atoms with van der Waals surface area (Å²) in [5.41, 5.74) is 3.70. The van der Waals surface area contributed by atoms with Gasteiger partial charge < -0.3 is 10.1 Å². The molecular weight excluding hydrogens is 288 g/mol. The van der Waals surface area contributed by atoms with Crippen LogP contribution in [0.5, 0.6) is 5.75 Å². The Morgan fingerprint density at radius 2 is 1.91 bits per heavy atom. The first kappa shape index (κ1) is 15.4. The smallest absolute Gasteiger partial charge is 0.321 e. The molecule has 1 N–H and O–H groups in total. The molecule has 2 amide bonds. The number of urea groups is 1. The zero-order chi connectivity index (χ0) is 16.1. The second-order valence-electron chi connectivity index (χ2n) is 5.76. The van der Waals surface area contributed by atoms with E-state index in [2.05, 4.69) is 17.4 Å². The van der Waals surface area contributed by atoms with Crippen LogP contribution in [-0.2, 0) is 12.8 Å². The highest BCUT2D eigenvalue weighted by Gasteiger charge is 2.12. The number of amides is 2. The maximum atomic E-state index is 12.1. The lowest BCUT2D eigenvalue weighted by Gasteiger charge is -2.18. The van der Waals surface area contributed by atoms with Crippen molar-refractivity contribution in [2.24, 2.45) is 0 Å². The lowest BCUT2D eigenvalue weighted by Crippen LogP contribution is -2.39. The number of fused-ring (bicyclic) bond motifs is 1. The van der Waals surface area contributed by atoms with E-state index in [4.69, 9.17) is 4.74 Å². The molecule has 0 radical (unpaired) electrons. The van der Waals surface area contributed by atoms with E-state index in [0.717, 1.165) is 17.9 Å². The lowest BCUT2D eigenvalue weighted by atomic mass is 10.1. The molecule has 0 saturated carbocycles. The summed E-state index contributed by atoms with van der Waals surface area (Å²) in [7, 11) is 1.76. The minimum atomic E-state index is -0.131. The molecule has 2 aromatic carbocycles. The predicted octanol–water partition coefficient (Wildman–Crippen LogP) is 3.40. The zero-order valence-corrected chi connectivity index (χ0v) is 13.4. The number of aryl methyl sites for hydroxylation is 2. The molecule has 1 aliphatic rings. The molecule has 120 valence electrons. The van der Waals surface area contributed by atoms with E-state index in [1.165, 1.54) is 24.0 Å². The second kappa shape index (κ2) is 7.18. The number of ether oxygens (including phenoxy) is 1. The Morgan fingerprint density at radius 3 is 2.74 bits per heavy atom. The van der Waals surface area contributed by atoms with Gasteiger partial charge in [-0.15, -0.1) is 0 Å². The molecule has 4 nitrogen and oxygen atoms in total. The SMILES string of the molecule is CN(C(=O)NCCOc1ccc2c(c1)CCC2)c1ccccc1. The van der Waals surface area contributed by atoms with Gasteiger partial charge in [-0.25, -0.2) is 4.79 Å². The fourth-order valence-corrected chi connectivity index (χ4v) is 2.85. The van der Waals surface area contributed by atoms with Crippen molar-refractivity contribution in [2.45, 2.75) is 19.3 Å². The van der Waals surface area contributed by atoms with E-state index in [9.17, 15) is 4.79 Å². The topological polar surface area (TPSA) is 41.6 Å². The number of carbonyl (C=O) groups excluding carboxylic acids is 1. The molecule has 0 atom stereocenters. The van der Waals surface area contributed by atoms with Crippen LogP contribution in [0.2, 0.25) is 0 Å². The predicted molar refractivity (Wildman–Crippen MR) is 92.2 cm³/mol. The highest BCUT2D eigenvalue weighted by atomic mass is 16.5. The first-order valence-corrected chi connectivity index (χ1v) is 8.05. The third-order valence-corrected chi connectivity index (χ3v) is 4.17. The molecule has 0 bridgehead atoms. The van der Waals surface area contributed by atoms with Gasteiger partial charge >= 0.3 is 6.03 Å². The Labute approximate surface area is 137 Å². The minimum absolute atomic E-state index is 0.131. The van der Waals surface area contributed by atoms with Crippen molar-refractivity contribution in [1.82, 2.24) is 5.32 Å². The van der Waals surface area contributed by atoms with Crippen molar-refractivity contribution in [1.29, 1.82) is 0 Å². The van der Waals surface area contributed by atoms with Crippen LogP contribution in [0, 0.1) is 0 Å². The molecule has 0 aliphatic heterocycles. The molecule has 0 heterocycles. The fraction of sp³-hybridized carbons (Fsp3) is 0.316. The number of hydrogen-bond donors (Lipinski definition) is 1. The van der Waals surface area contributed by atoms with E-state index in [1.54, 1.807) is 11.9 Å². The molecule has 0 unspecified atom stereocenters. The van der Waals surface area contributed by atoms with Gasteiger partial charge in [-0.05, 0) is 54.7 Å². The maximum absolute atomic E-state index is 12.1. The lowest BCUT2D eigenvalue weighted by molar-refractivity contribution is 0.243. The first-order valence-electron chi connectivity index (χ1n) is 8.05. The molecule has 4 heteroatoms. The summed E-state index contributed by atoms with van der Waals surface area (Å²) < 4.78 is 5.73. The number of hydrogen-bond acceptors (Lipinski definition) is 2. The normalized spacial score (nSPS) is 12.6. The summed E-state index contributed by atoms with van der Waals surface area (Å²) in [6, 6.07) is 15.7.